The summed E-state index contributed by atoms with van der Waals surface area (Å²) in [7, 11) is 0. The van der Waals surface area contributed by atoms with Gasteiger partial charge in [0.05, 0.1) is 12.7 Å². The number of hydrogen-bond donors (Lipinski definition) is 1. The van der Waals surface area contributed by atoms with Gasteiger partial charge in [-0.25, -0.2) is 0 Å². The molecule has 0 spiro atoms. The molecule has 118 valence electrons. The second-order valence-corrected chi connectivity index (χ2v) is 6.28. The van der Waals surface area contributed by atoms with Crippen molar-refractivity contribution in [1.82, 2.24) is 4.90 Å². The minimum absolute atomic E-state index is 0. The van der Waals surface area contributed by atoms with E-state index in [2.05, 4.69) is 22.9 Å². The van der Waals surface area contributed by atoms with Gasteiger partial charge in [0.15, 0.2) is 0 Å². The standard InChI is InChI=1S/C15H21BrN2O2.ClH/c1-3-13-10-18(8-9-20-13)14(19)15(2,17)11-4-6-12(16)7-5-11;/h4-7,13H,3,8-10,17H2,1-2H3;1H. The van der Waals surface area contributed by atoms with Gasteiger partial charge in [-0.1, -0.05) is 35.0 Å². The molecule has 1 fully saturated rings. The van der Waals surface area contributed by atoms with Crippen molar-refractivity contribution in [2.75, 3.05) is 19.7 Å². The quantitative estimate of drug-likeness (QED) is 0.881. The molecule has 2 atom stereocenters. The summed E-state index contributed by atoms with van der Waals surface area (Å²) in [6, 6.07) is 7.59. The maximum Gasteiger partial charge on any atom is 0.247 e. The number of rotatable bonds is 3. The van der Waals surface area contributed by atoms with Gasteiger partial charge in [-0.3, -0.25) is 4.79 Å². The predicted molar refractivity (Wildman–Crippen MR) is 89.5 cm³/mol. The smallest absolute Gasteiger partial charge is 0.247 e. The van der Waals surface area contributed by atoms with E-state index < -0.39 is 5.54 Å². The summed E-state index contributed by atoms with van der Waals surface area (Å²) >= 11 is 3.39. The van der Waals surface area contributed by atoms with Crippen LogP contribution in [0.25, 0.3) is 0 Å². The Morgan fingerprint density at radius 2 is 2.10 bits per heavy atom. The van der Waals surface area contributed by atoms with Crippen molar-refractivity contribution >= 4 is 34.2 Å². The van der Waals surface area contributed by atoms with Crippen LogP contribution < -0.4 is 5.73 Å². The molecule has 2 N–H and O–H groups in total. The Balaban J connectivity index is 0.00000220. The number of ether oxygens (including phenoxy) is 1. The number of amides is 1. The number of carbonyl (C=O) groups excluding carboxylic acids is 1. The summed E-state index contributed by atoms with van der Waals surface area (Å²) in [4.78, 5) is 14.5. The SMILES string of the molecule is CCC1CN(C(=O)C(C)(N)c2ccc(Br)cc2)CCO1.Cl. The van der Waals surface area contributed by atoms with Crippen LogP contribution in [0, 0.1) is 0 Å². The zero-order chi connectivity index (χ0) is 14.8. The van der Waals surface area contributed by atoms with Gasteiger partial charge >= 0.3 is 0 Å². The number of halogens is 2. The largest absolute Gasteiger partial charge is 0.375 e. The number of carbonyl (C=O) groups is 1. The second kappa shape index (κ2) is 7.58. The molecule has 1 aromatic rings. The Bertz CT molecular complexity index is 479. The van der Waals surface area contributed by atoms with Crippen LogP contribution in [-0.2, 0) is 15.1 Å². The molecule has 0 aromatic heterocycles. The van der Waals surface area contributed by atoms with Gasteiger partial charge in [-0.05, 0) is 31.0 Å². The van der Waals surface area contributed by atoms with E-state index in [1.807, 2.05) is 29.2 Å². The zero-order valence-electron chi connectivity index (χ0n) is 12.3. The summed E-state index contributed by atoms with van der Waals surface area (Å²) in [6.07, 6.45) is 1.03. The fourth-order valence-electron chi connectivity index (χ4n) is 2.40. The topological polar surface area (TPSA) is 55.6 Å². The summed E-state index contributed by atoms with van der Waals surface area (Å²) in [6.45, 7) is 5.65. The Morgan fingerprint density at radius 3 is 2.67 bits per heavy atom. The molecule has 2 unspecified atom stereocenters. The molecule has 1 saturated heterocycles. The molecule has 21 heavy (non-hydrogen) atoms. The first-order chi connectivity index (χ1) is 9.45. The summed E-state index contributed by atoms with van der Waals surface area (Å²) in [5.74, 6) is -0.0402. The minimum Gasteiger partial charge on any atom is -0.375 e. The maximum atomic E-state index is 12.7. The fraction of sp³-hybridized carbons (Fsp3) is 0.533. The van der Waals surface area contributed by atoms with Gasteiger partial charge in [-0.2, -0.15) is 0 Å². The van der Waals surface area contributed by atoms with Crippen molar-refractivity contribution < 1.29 is 9.53 Å². The van der Waals surface area contributed by atoms with E-state index in [-0.39, 0.29) is 24.4 Å². The Kier molecular flexibility index (Phi) is 6.66. The van der Waals surface area contributed by atoms with Crippen LogP contribution in [0.2, 0.25) is 0 Å². The average Bonchev–Trinajstić information content (AvgIpc) is 2.47. The Labute approximate surface area is 140 Å². The molecular weight excluding hydrogens is 356 g/mol. The molecule has 1 aliphatic heterocycles. The molecule has 2 rings (SSSR count). The average molecular weight is 378 g/mol. The van der Waals surface area contributed by atoms with E-state index in [1.165, 1.54) is 0 Å². The highest BCUT2D eigenvalue weighted by atomic mass is 79.9. The molecule has 6 heteroatoms. The Hall–Kier alpha value is -0.620. The lowest BCUT2D eigenvalue weighted by Crippen LogP contribution is -2.55. The van der Waals surface area contributed by atoms with E-state index in [9.17, 15) is 4.79 Å². The van der Waals surface area contributed by atoms with E-state index in [0.29, 0.717) is 19.7 Å². The first-order valence-corrected chi connectivity index (χ1v) is 7.70. The minimum atomic E-state index is -1.00. The molecule has 0 bridgehead atoms. The Morgan fingerprint density at radius 1 is 1.48 bits per heavy atom. The first kappa shape index (κ1) is 18.4. The molecular formula is C15H22BrClN2O2. The van der Waals surface area contributed by atoms with Gasteiger partial charge in [0.2, 0.25) is 5.91 Å². The first-order valence-electron chi connectivity index (χ1n) is 6.91. The lowest BCUT2D eigenvalue weighted by Gasteiger charge is -2.37. The van der Waals surface area contributed by atoms with E-state index >= 15 is 0 Å². The highest BCUT2D eigenvalue weighted by Crippen LogP contribution is 2.24. The lowest BCUT2D eigenvalue weighted by molar-refractivity contribution is -0.144. The molecule has 0 saturated carbocycles. The molecule has 1 amide bonds. The number of hydrogen-bond acceptors (Lipinski definition) is 3. The fourth-order valence-corrected chi connectivity index (χ4v) is 2.66. The van der Waals surface area contributed by atoms with Crippen LogP contribution in [-0.4, -0.2) is 36.6 Å². The van der Waals surface area contributed by atoms with Gasteiger partial charge in [0.1, 0.15) is 5.54 Å². The van der Waals surface area contributed by atoms with Crippen molar-refractivity contribution in [2.24, 2.45) is 5.73 Å². The third-order valence-electron chi connectivity index (χ3n) is 3.77. The normalized spacial score (nSPS) is 21.3. The predicted octanol–water partition coefficient (Wildman–Crippen LogP) is 2.68. The molecule has 1 aromatic carbocycles. The molecule has 1 aliphatic rings. The third-order valence-corrected chi connectivity index (χ3v) is 4.30. The zero-order valence-corrected chi connectivity index (χ0v) is 14.7. The molecule has 0 aliphatic carbocycles. The summed E-state index contributed by atoms with van der Waals surface area (Å²) in [5.41, 5.74) is 6.12. The van der Waals surface area contributed by atoms with Crippen LogP contribution in [0.5, 0.6) is 0 Å². The summed E-state index contributed by atoms with van der Waals surface area (Å²) < 4.78 is 6.57. The monoisotopic (exact) mass is 376 g/mol. The molecule has 0 radical (unpaired) electrons. The van der Waals surface area contributed by atoms with Gasteiger partial charge in [-0.15, -0.1) is 12.4 Å². The van der Waals surface area contributed by atoms with Crippen molar-refractivity contribution in [2.45, 2.75) is 31.9 Å². The maximum absolute atomic E-state index is 12.7. The second-order valence-electron chi connectivity index (χ2n) is 5.36. The van der Waals surface area contributed by atoms with Crippen molar-refractivity contribution in [3.8, 4) is 0 Å². The van der Waals surface area contributed by atoms with Crippen molar-refractivity contribution in [1.29, 1.82) is 0 Å². The summed E-state index contributed by atoms with van der Waals surface area (Å²) in [5, 5.41) is 0. The van der Waals surface area contributed by atoms with Gasteiger partial charge in [0, 0.05) is 17.6 Å². The van der Waals surface area contributed by atoms with E-state index in [1.54, 1.807) is 6.92 Å². The number of nitrogens with zero attached hydrogens (tertiary/aromatic N) is 1. The van der Waals surface area contributed by atoms with Gasteiger partial charge < -0.3 is 15.4 Å². The van der Waals surface area contributed by atoms with Crippen LogP contribution in [0.1, 0.15) is 25.8 Å². The van der Waals surface area contributed by atoms with Crippen LogP contribution in [0.3, 0.4) is 0 Å². The third kappa shape index (κ3) is 4.19. The molecule has 4 nitrogen and oxygen atoms in total. The molecule has 1 heterocycles. The van der Waals surface area contributed by atoms with Crippen molar-refractivity contribution in [3.63, 3.8) is 0 Å². The number of benzene rings is 1. The highest BCUT2D eigenvalue weighted by molar-refractivity contribution is 9.10. The van der Waals surface area contributed by atoms with E-state index in [4.69, 9.17) is 10.5 Å². The van der Waals surface area contributed by atoms with Crippen LogP contribution in [0.4, 0.5) is 0 Å². The van der Waals surface area contributed by atoms with Gasteiger partial charge in [0.25, 0.3) is 0 Å². The lowest BCUT2D eigenvalue weighted by atomic mass is 9.91. The van der Waals surface area contributed by atoms with Crippen LogP contribution >= 0.6 is 28.3 Å². The van der Waals surface area contributed by atoms with Crippen LogP contribution in [0.15, 0.2) is 28.7 Å². The van der Waals surface area contributed by atoms with E-state index in [0.717, 1.165) is 16.5 Å². The highest BCUT2D eigenvalue weighted by Gasteiger charge is 2.36. The number of morpholine rings is 1. The number of nitrogens with two attached hydrogens (primary N) is 1. The van der Waals surface area contributed by atoms with Crippen molar-refractivity contribution in [3.05, 3.63) is 34.3 Å².